The summed E-state index contributed by atoms with van der Waals surface area (Å²) in [6, 6.07) is -7.17. The van der Waals surface area contributed by atoms with E-state index >= 15 is 0 Å². The number of rotatable bonds is 26. The number of nitrogens with one attached hydrogen (secondary N) is 6. The molecule has 6 unspecified atom stereocenters. The summed E-state index contributed by atoms with van der Waals surface area (Å²) in [5, 5.41) is 69.6. The number of halogens is 1. The Labute approximate surface area is 345 Å². The lowest BCUT2D eigenvalue weighted by molar-refractivity contribution is -0.147. The number of nitrogens with zero attached hydrogens (tertiary/aromatic N) is 3. The van der Waals surface area contributed by atoms with E-state index in [-0.39, 0.29) is 13.0 Å². The van der Waals surface area contributed by atoms with Gasteiger partial charge in [0.25, 0.3) is 5.91 Å². The maximum atomic E-state index is 13.5. The summed E-state index contributed by atoms with van der Waals surface area (Å²) < 4.78 is 19.1. The zero-order chi connectivity index (χ0) is 46.0. The smallest absolute Gasteiger partial charge is 0.305 e. The number of primary amides is 1. The van der Waals surface area contributed by atoms with Crippen molar-refractivity contribution in [1.29, 1.82) is 0 Å². The van der Waals surface area contributed by atoms with Crippen LogP contribution in [0.15, 0.2) is 18.0 Å². The van der Waals surface area contributed by atoms with Gasteiger partial charge in [0.15, 0.2) is 6.10 Å². The molecule has 2 rings (SSSR count). The highest BCUT2D eigenvalue weighted by Gasteiger charge is 2.39. The van der Waals surface area contributed by atoms with E-state index in [2.05, 4.69) is 36.9 Å². The number of carboxylic acid groups (broad SMARTS) is 3. The predicted molar refractivity (Wildman–Crippen MR) is 199 cm³/mol. The number of hydrogen-bond donors (Lipinski definition) is 12. The van der Waals surface area contributed by atoms with Crippen LogP contribution in [-0.2, 0) is 65.6 Å². The molecule has 0 aliphatic carbocycles. The molecular formula is C34H49FN10O16. The van der Waals surface area contributed by atoms with E-state index in [1.807, 2.05) is 5.32 Å². The molecule has 7 amide bonds. The molecule has 26 nitrogen and oxygen atoms in total. The summed E-state index contributed by atoms with van der Waals surface area (Å²) >= 11 is 0. The predicted octanol–water partition coefficient (Wildman–Crippen LogP) is -5.12. The van der Waals surface area contributed by atoms with Crippen LogP contribution >= 0.6 is 0 Å². The summed E-state index contributed by atoms with van der Waals surface area (Å²) in [7, 11) is 0. The highest BCUT2D eigenvalue weighted by molar-refractivity contribution is 5.98. The van der Waals surface area contributed by atoms with Crippen molar-refractivity contribution in [3.8, 4) is 0 Å². The molecule has 7 atom stereocenters. The molecule has 27 heteroatoms. The molecule has 0 saturated carbocycles. The zero-order valence-electron chi connectivity index (χ0n) is 32.9. The first-order chi connectivity index (χ1) is 28.6. The number of nitrogens with two attached hydrogens (primary N) is 1. The highest BCUT2D eigenvalue weighted by atomic mass is 19.1. The van der Waals surface area contributed by atoms with E-state index in [4.69, 9.17) is 10.5 Å². The lowest BCUT2D eigenvalue weighted by Gasteiger charge is -2.32. The Morgan fingerprint density at radius 2 is 1.46 bits per heavy atom. The lowest BCUT2D eigenvalue weighted by atomic mass is 10.0. The molecule has 1 aliphatic rings. The van der Waals surface area contributed by atoms with Gasteiger partial charge in [0.05, 0.1) is 31.8 Å². The molecule has 0 aromatic carbocycles. The number of carbonyl (C=O) groups excluding carboxylic acids is 7. The van der Waals surface area contributed by atoms with Gasteiger partial charge in [-0.25, -0.2) is 4.68 Å². The minimum Gasteiger partial charge on any atom is -0.509 e. The van der Waals surface area contributed by atoms with E-state index in [1.165, 1.54) is 24.7 Å². The van der Waals surface area contributed by atoms with Gasteiger partial charge in [-0.05, 0) is 31.3 Å². The fourth-order valence-corrected chi connectivity index (χ4v) is 5.43. The second-order valence-corrected chi connectivity index (χ2v) is 13.9. The van der Waals surface area contributed by atoms with Crippen molar-refractivity contribution < 1.29 is 82.6 Å². The van der Waals surface area contributed by atoms with E-state index in [9.17, 15) is 77.9 Å². The van der Waals surface area contributed by atoms with Gasteiger partial charge >= 0.3 is 17.9 Å². The Morgan fingerprint density at radius 1 is 0.852 bits per heavy atom. The number of aliphatic carboxylic acids is 3. The minimum atomic E-state index is -2.02. The normalized spacial score (nSPS) is 17.9. The molecule has 0 radical (unpaired) electrons. The number of aliphatic hydroxyl groups excluding tert-OH is 2. The summed E-state index contributed by atoms with van der Waals surface area (Å²) in [6.45, 7) is 0.805. The highest BCUT2D eigenvalue weighted by Crippen LogP contribution is 2.19. The number of aryl methyl sites for hydroxylation is 1. The Kier molecular flexibility index (Phi) is 20.1. The molecule has 1 aromatic heterocycles. The third-order valence-corrected chi connectivity index (χ3v) is 8.49. The average Bonchev–Trinajstić information content (AvgIpc) is 3.61. The average molecular weight is 873 g/mol. The van der Waals surface area contributed by atoms with Crippen molar-refractivity contribution in [3.05, 3.63) is 23.7 Å². The van der Waals surface area contributed by atoms with Crippen molar-refractivity contribution in [2.45, 2.75) is 101 Å². The first-order valence-corrected chi connectivity index (χ1v) is 18.5. The van der Waals surface area contributed by atoms with Gasteiger partial charge in [-0.2, -0.15) is 0 Å². The van der Waals surface area contributed by atoms with Gasteiger partial charge in [0, 0.05) is 19.2 Å². The summed E-state index contributed by atoms with van der Waals surface area (Å²) in [6.07, 6.45) is -5.71. The summed E-state index contributed by atoms with van der Waals surface area (Å²) in [5.41, 5.74) is 5.43. The van der Waals surface area contributed by atoms with Crippen LogP contribution in [0.3, 0.4) is 0 Å². The zero-order valence-corrected chi connectivity index (χ0v) is 32.9. The molecule has 0 bridgehead atoms. The van der Waals surface area contributed by atoms with Crippen molar-refractivity contribution in [2.75, 3.05) is 19.8 Å². The molecule has 2 heterocycles. The molecule has 13 N–H and O–H groups in total. The fraction of sp³-hybridized carbons (Fsp3) is 0.588. The first-order valence-electron chi connectivity index (χ1n) is 18.5. The van der Waals surface area contributed by atoms with Crippen LogP contribution in [0.4, 0.5) is 4.39 Å². The summed E-state index contributed by atoms with van der Waals surface area (Å²) in [4.78, 5) is 124. The molecule has 0 spiro atoms. The first kappa shape index (κ1) is 50.4. The van der Waals surface area contributed by atoms with E-state index in [1.54, 1.807) is 0 Å². The number of alkyl halides is 1. The summed E-state index contributed by atoms with van der Waals surface area (Å²) in [5.74, 6) is -14.0. The van der Waals surface area contributed by atoms with Gasteiger partial charge in [0.2, 0.25) is 35.4 Å². The number of hydrogen-bond acceptors (Lipinski definition) is 15. The Balaban J connectivity index is 2.20. The molecule has 0 saturated heterocycles. The monoisotopic (exact) mass is 872 g/mol. The van der Waals surface area contributed by atoms with Crippen LogP contribution in [0.2, 0.25) is 0 Å². The van der Waals surface area contributed by atoms with E-state index in [0.29, 0.717) is 12.1 Å². The van der Waals surface area contributed by atoms with Crippen LogP contribution in [0.25, 0.3) is 0 Å². The third kappa shape index (κ3) is 17.5. The van der Waals surface area contributed by atoms with Crippen LogP contribution in [0, 0.1) is 5.92 Å². The number of aromatic nitrogens is 3. The van der Waals surface area contributed by atoms with Crippen LogP contribution in [0.1, 0.15) is 51.6 Å². The van der Waals surface area contributed by atoms with Crippen molar-refractivity contribution in [2.24, 2.45) is 11.7 Å². The maximum Gasteiger partial charge on any atom is 0.305 e. The minimum absolute atomic E-state index is 0.206. The second-order valence-electron chi connectivity index (χ2n) is 13.9. The van der Waals surface area contributed by atoms with Crippen LogP contribution in [-0.4, -0.2) is 162 Å². The number of amides is 7. The second kappa shape index (κ2) is 24.3. The Morgan fingerprint density at radius 3 is 2.03 bits per heavy atom. The maximum absolute atomic E-state index is 13.5. The molecule has 61 heavy (non-hydrogen) atoms. The van der Waals surface area contributed by atoms with Crippen LogP contribution < -0.4 is 37.6 Å². The SMILES string of the molecule is CC(C)C(NC(=O)C(CCC(=O)O)NC(=O)[C@H](CC(=O)O)NC(=O)C1OC(CNC(=O)Cn2cc(CCCF)nn2)C(O)C=C1O)C(=O)NC(CC(=O)O)C(=O)NCC(N)=O. The fourth-order valence-electron chi connectivity index (χ4n) is 5.43. The van der Waals surface area contributed by atoms with Gasteiger partial charge in [-0.3, -0.25) is 52.3 Å². The molecule has 1 aliphatic heterocycles. The molecule has 338 valence electrons. The standard InChI is InChI=1S/C34H49FN10O16/c1-15(2)28(33(59)40-18(8-26(52)53)30(56)38-12-23(36)48)42-31(57)17(5-6-25(50)51)39-32(58)19(9-27(54)55)41-34(60)29-21(47)10-20(46)22(61-29)11-37-24(49)14-45-13-16(43-44-45)4-3-7-35/h10,13,15,17-20,22,28-29,46-47H,3-9,11-12,14H2,1-2H3,(H2,36,48)(H,37,49)(H,38,56)(H,39,58)(H,40,59)(H,41,60)(H,42,57)(H,50,51)(H,52,53)(H,54,55)/t17?,18?,19-,20?,22?,28?,29?/m0/s1. The van der Waals surface area contributed by atoms with Gasteiger partial charge < -0.3 is 67.9 Å². The number of carbonyl (C=O) groups is 10. The number of carboxylic acids is 3. The molecule has 1 aromatic rings. The largest absolute Gasteiger partial charge is 0.509 e. The molecular weight excluding hydrogens is 823 g/mol. The molecule has 0 fully saturated rings. The topological polar surface area (TPSA) is 410 Å². The van der Waals surface area contributed by atoms with Gasteiger partial charge in [-0.1, -0.05) is 19.1 Å². The third-order valence-electron chi connectivity index (χ3n) is 8.49. The van der Waals surface area contributed by atoms with Gasteiger partial charge in [0.1, 0.15) is 48.7 Å². The lowest BCUT2D eigenvalue weighted by Crippen LogP contribution is -2.60. The van der Waals surface area contributed by atoms with E-state index < -0.39 is 159 Å². The Hall–Kier alpha value is -6.77. The van der Waals surface area contributed by atoms with Crippen molar-refractivity contribution in [1.82, 2.24) is 46.9 Å². The number of aliphatic hydroxyl groups is 2. The number of ether oxygens (including phenoxy) is 1. The van der Waals surface area contributed by atoms with Crippen LogP contribution in [0.5, 0.6) is 0 Å². The van der Waals surface area contributed by atoms with E-state index in [0.717, 1.165) is 6.08 Å². The van der Waals surface area contributed by atoms with Crippen molar-refractivity contribution in [3.63, 3.8) is 0 Å². The Bertz CT molecular complexity index is 1820. The quantitative estimate of drug-likeness (QED) is 0.0414. The van der Waals surface area contributed by atoms with Gasteiger partial charge in [-0.15, -0.1) is 5.10 Å². The van der Waals surface area contributed by atoms with Crippen molar-refractivity contribution >= 4 is 59.3 Å².